The lowest BCUT2D eigenvalue weighted by Crippen LogP contribution is -2.08. The van der Waals surface area contributed by atoms with E-state index in [0.29, 0.717) is 17.2 Å². The molecule has 0 aromatic heterocycles. The molecular weight excluding hydrogens is 262 g/mol. The third-order valence-electron chi connectivity index (χ3n) is 2.92. The monoisotopic (exact) mass is 273 g/mol. The molecule has 1 aliphatic heterocycles. The molecule has 5 heteroatoms. The van der Waals surface area contributed by atoms with Crippen LogP contribution >= 0.6 is 11.8 Å². The first-order chi connectivity index (χ1) is 9.19. The van der Waals surface area contributed by atoms with Gasteiger partial charge in [-0.2, -0.15) is 0 Å². The van der Waals surface area contributed by atoms with Gasteiger partial charge in [-0.05, 0) is 36.6 Å². The summed E-state index contributed by atoms with van der Waals surface area (Å²) < 4.78 is 5.73. The lowest BCUT2D eigenvalue weighted by molar-refractivity contribution is 0.0697. The van der Waals surface area contributed by atoms with Gasteiger partial charge in [-0.15, -0.1) is 11.8 Å². The molecule has 2 N–H and O–H groups in total. The Morgan fingerprint density at radius 3 is 2.84 bits per heavy atom. The van der Waals surface area contributed by atoms with E-state index >= 15 is 0 Å². The molecular formula is C14H11NO3S. The SMILES string of the molecule is CSc1ccc2c(c1)Nc1c(cccc1C(=O)O)O2. The molecule has 0 amide bonds. The van der Waals surface area contributed by atoms with Crippen LogP contribution in [0.5, 0.6) is 11.5 Å². The number of nitrogens with one attached hydrogen (secondary N) is 1. The van der Waals surface area contributed by atoms with E-state index in [9.17, 15) is 9.90 Å². The Kier molecular flexibility index (Phi) is 2.83. The Hall–Kier alpha value is -2.14. The third-order valence-corrected chi connectivity index (χ3v) is 3.65. The van der Waals surface area contributed by atoms with Crippen LogP contribution in [0.2, 0.25) is 0 Å². The lowest BCUT2D eigenvalue weighted by Gasteiger charge is -2.23. The minimum atomic E-state index is -0.975. The summed E-state index contributed by atoms with van der Waals surface area (Å²) in [5.74, 6) is 0.259. The highest BCUT2D eigenvalue weighted by Crippen LogP contribution is 2.44. The largest absolute Gasteiger partial charge is 0.478 e. The van der Waals surface area contributed by atoms with Crippen molar-refractivity contribution in [2.45, 2.75) is 4.90 Å². The maximum atomic E-state index is 11.2. The number of anilines is 2. The van der Waals surface area contributed by atoms with Gasteiger partial charge in [0.15, 0.2) is 11.5 Å². The predicted molar refractivity (Wildman–Crippen MR) is 75.0 cm³/mol. The summed E-state index contributed by atoms with van der Waals surface area (Å²) in [6, 6.07) is 10.8. The van der Waals surface area contributed by atoms with Gasteiger partial charge in [-0.25, -0.2) is 4.79 Å². The van der Waals surface area contributed by atoms with Crippen molar-refractivity contribution in [1.29, 1.82) is 0 Å². The summed E-state index contributed by atoms with van der Waals surface area (Å²) in [7, 11) is 0. The van der Waals surface area contributed by atoms with Crippen molar-refractivity contribution in [3.05, 3.63) is 42.0 Å². The molecule has 2 aromatic carbocycles. The van der Waals surface area contributed by atoms with Crippen LogP contribution in [0.1, 0.15) is 10.4 Å². The van der Waals surface area contributed by atoms with Gasteiger partial charge >= 0.3 is 5.97 Å². The van der Waals surface area contributed by atoms with Crippen LogP contribution in [0.25, 0.3) is 0 Å². The van der Waals surface area contributed by atoms with Gasteiger partial charge in [0.05, 0.1) is 16.9 Å². The molecule has 3 rings (SSSR count). The Morgan fingerprint density at radius 2 is 2.11 bits per heavy atom. The smallest absolute Gasteiger partial charge is 0.337 e. The van der Waals surface area contributed by atoms with Crippen molar-refractivity contribution in [3.8, 4) is 11.5 Å². The number of ether oxygens (including phenoxy) is 1. The zero-order valence-corrected chi connectivity index (χ0v) is 11.0. The molecule has 2 aromatic rings. The number of hydrogen-bond donors (Lipinski definition) is 2. The maximum Gasteiger partial charge on any atom is 0.337 e. The predicted octanol–water partition coefficient (Wildman–Crippen LogP) is 3.96. The van der Waals surface area contributed by atoms with E-state index in [2.05, 4.69) is 5.32 Å². The molecule has 0 saturated carbocycles. The maximum absolute atomic E-state index is 11.2. The number of hydrogen-bond acceptors (Lipinski definition) is 4. The first-order valence-corrected chi connectivity index (χ1v) is 6.91. The molecule has 0 atom stereocenters. The van der Waals surface area contributed by atoms with E-state index in [1.807, 2.05) is 24.5 Å². The zero-order chi connectivity index (χ0) is 13.4. The Balaban J connectivity index is 2.09. The van der Waals surface area contributed by atoms with Gasteiger partial charge < -0.3 is 15.2 Å². The number of fused-ring (bicyclic) bond motifs is 2. The summed E-state index contributed by atoms with van der Waals surface area (Å²) >= 11 is 1.62. The van der Waals surface area contributed by atoms with Crippen LogP contribution in [0.4, 0.5) is 11.4 Å². The van der Waals surface area contributed by atoms with E-state index in [0.717, 1.165) is 10.6 Å². The van der Waals surface area contributed by atoms with Crippen LogP contribution in [-0.4, -0.2) is 17.3 Å². The van der Waals surface area contributed by atoms with E-state index in [4.69, 9.17) is 4.74 Å². The van der Waals surface area contributed by atoms with Crippen LogP contribution in [0.3, 0.4) is 0 Å². The van der Waals surface area contributed by atoms with Crippen LogP contribution in [0.15, 0.2) is 41.3 Å². The normalized spacial score (nSPS) is 11.8. The minimum absolute atomic E-state index is 0.206. The minimum Gasteiger partial charge on any atom is -0.478 e. The van der Waals surface area contributed by atoms with Gasteiger partial charge in [0.25, 0.3) is 0 Å². The van der Waals surface area contributed by atoms with Gasteiger partial charge in [-0.3, -0.25) is 0 Å². The molecule has 96 valence electrons. The topological polar surface area (TPSA) is 58.6 Å². The molecule has 0 saturated heterocycles. The highest BCUT2D eigenvalue weighted by Gasteiger charge is 2.22. The van der Waals surface area contributed by atoms with Crippen LogP contribution < -0.4 is 10.1 Å². The first-order valence-electron chi connectivity index (χ1n) is 5.68. The van der Waals surface area contributed by atoms with Gasteiger partial charge in [0.2, 0.25) is 0 Å². The first kappa shape index (κ1) is 11.9. The zero-order valence-electron chi connectivity index (χ0n) is 10.1. The van der Waals surface area contributed by atoms with E-state index in [-0.39, 0.29) is 5.56 Å². The second-order valence-electron chi connectivity index (χ2n) is 4.07. The molecule has 0 spiro atoms. The highest BCUT2D eigenvalue weighted by molar-refractivity contribution is 7.98. The average molecular weight is 273 g/mol. The molecule has 0 radical (unpaired) electrons. The van der Waals surface area contributed by atoms with E-state index < -0.39 is 5.97 Å². The summed E-state index contributed by atoms with van der Waals surface area (Å²) in [6.07, 6.45) is 1.99. The number of thioether (sulfide) groups is 1. The Labute approximate surface area is 114 Å². The van der Waals surface area contributed by atoms with E-state index in [1.165, 1.54) is 0 Å². The Morgan fingerprint density at radius 1 is 1.26 bits per heavy atom. The van der Waals surface area contributed by atoms with Crippen molar-refractivity contribution in [2.75, 3.05) is 11.6 Å². The summed E-state index contributed by atoms with van der Waals surface area (Å²) in [5.41, 5.74) is 1.49. The quantitative estimate of drug-likeness (QED) is 0.692. The van der Waals surface area contributed by atoms with Crippen molar-refractivity contribution < 1.29 is 14.6 Å². The molecule has 19 heavy (non-hydrogen) atoms. The molecule has 0 bridgehead atoms. The number of aromatic carboxylic acids is 1. The second kappa shape index (κ2) is 4.51. The summed E-state index contributed by atoms with van der Waals surface area (Å²) in [5, 5.41) is 12.3. The number of carboxylic acids is 1. The third kappa shape index (κ3) is 2.02. The second-order valence-corrected chi connectivity index (χ2v) is 4.95. The number of rotatable bonds is 2. The van der Waals surface area contributed by atoms with Crippen LogP contribution in [-0.2, 0) is 0 Å². The fourth-order valence-corrected chi connectivity index (χ4v) is 2.44. The van der Waals surface area contributed by atoms with Gasteiger partial charge in [-0.1, -0.05) is 6.07 Å². The van der Waals surface area contributed by atoms with Gasteiger partial charge in [0.1, 0.15) is 0 Å². The molecule has 1 aliphatic rings. The number of carbonyl (C=O) groups is 1. The van der Waals surface area contributed by atoms with Crippen molar-refractivity contribution >= 4 is 29.1 Å². The summed E-state index contributed by atoms with van der Waals surface area (Å²) in [6.45, 7) is 0. The average Bonchev–Trinajstić information content (AvgIpc) is 2.43. The number of benzene rings is 2. The summed E-state index contributed by atoms with van der Waals surface area (Å²) in [4.78, 5) is 12.3. The fourth-order valence-electron chi connectivity index (χ4n) is 2.00. The lowest BCUT2D eigenvalue weighted by atomic mass is 10.1. The van der Waals surface area contributed by atoms with Gasteiger partial charge in [0, 0.05) is 4.90 Å². The standard InChI is InChI=1S/C14H11NO3S/c1-19-8-5-6-11-10(7-8)15-13-9(14(16)17)3-2-4-12(13)18-11/h2-7,15H,1H3,(H,16,17). The van der Waals surface area contributed by atoms with Crippen molar-refractivity contribution in [1.82, 2.24) is 0 Å². The highest BCUT2D eigenvalue weighted by atomic mass is 32.2. The van der Waals surface area contributed by atoms with Crippen molar-refractivity contribution in [2.24, 2.45) is 0 Å². The molecule has 0 aliphatic carbocycles. The molecule has 0 unspecified atom stereocenters. The molecule has 4 nitrogen and oxygen atoms in total. The number of carboxylic acid groups (broad SMARTS) is 1. The number of para-hydroxylation sites is 1. The Bertz CT molecular complexity index is 670. The fraction of sp³-hybridized carbons (Fsp3) is 0.0714. The van der Waals surface area contributed by atoms with E-state index in [1.54, 1.807) is 30.0 Å². The van der Waals surface area contributed by atoms with Crippen LogP contribution in [0, 0.1) is 0 Å². The van der Waals surface area contributed by atoms with Crippen molar-refractivity contribution in [3.63, 3.8) is 0 Å². The molecule has 1 heterocycles. The molecule has 0 fully saturated rings.